The molecule has 0 amide bonds. The Morgan fingerprint density at radius 2 is 2.07 bits per heavy atom. The third kappa shape index (κ3) is 2.37. The number of phenolic OH excluding ortho intramolecular Hbond substituents is 2. The van der Waals surface area contributed by atoms with Gasteiger partial charge in [-0.3, -0.25) is 4.79 Å². The van der Waals surface area contributed by atoms with Crippen LogP contribution in [0.15, 0.2) is 12.1 Å². The summed E-state index contributed by atoms with van der Waals surface area (Å²) in [5.74, 6) is -4.15. The minimum Gasteiger partial charge on any atom is -0.504 e. The van der Waals surface area contributed by atoms with E-state index in [2.05, 4.69) is 0 Å². The van der Waals surface area contributed by atoms with Crippen molar-refractivity contribution >= 4 is 5.97 Å². The van der Waals surface area contributed by atoms with Crippen LogP contribution in [0.4, 0.5) is 4.39 Å². The fourth-order valence-corrected chi connectivity index (χ4v) is 1.17. The van der Waals surface area contributed by atoms with Gasteiger partial charge in [-0.1, -0.05) is 13.0 Å². The van der Waals surface area contributed by atoms with Crippen molar-refractivity contribution in [2.45, 2.75) is 13.3 Å². The SMILES string of the molecule is CC(Cc1ccc(O)c(O)c1F)C(=O)O. The predicted molar refractivity (Wildman–Crippen MR) is 50.2 cm³/mol. The number of carboxylic acids is 1. The average molecular weight is 214 g/mol. The number of hydrogen-bond acceptors (Lipinski definition) is 3. The summed E-state index contributed by atoms with van der Waals surface area (Å²) in [6, 6.07) is 2.38. The Morgan fingerprint density at radius 1 is 1.47 bits per heavy atom. The van der Waals surface area contributed by atoms with Crippen molar-refractivity contribution in [2.75, 3.05) is 0 Å². The minimum absolute atomic E-state index is 0.0327. The molecule has 1 atom stereocenters. The van der Waals surface area contributed by atoms with E-state index < -0.39 is 29.2 Å². The average Bonchev–Trinajstić information content (AvgIpc) is 2.18. The molecule has 3 N–H and O–H groups in total. The van der Waals surface area contributed by atoms with Crippen LogP contribution in [0.2, 0.25) is 0 Å². The molecule has 0 aromatic heterocycles. The van der Waals surface area contributed by atoms with E-state index in [1.807, 2.05) is 0 Å². The second kappa shape index (κ2) is 4.16. The number of halogens is 1. The lowest BCUT2D eigenvalue weighted by Gasteiger charge is -2.08. The van der Waals surface area contributed by atoms with Crippen molar-refractivity contribution < 1.29 is 24.5 Å². The molecule has 0 heterocycles. The van der Waals surface area contributed by atoms with E-state index >= 15 is 0 Å². The maximum absolute atomic E-state index is 13.3. The number of aliphatic carboxylic acids is 1. The van der Waals surface area contributed by atoms with Crippen LogP contribution in [0.5, 0.6) is 11.5 Å². The molecule has 15 heavy (non-hydrogen) atoms. The highest BCUT2D eigenvalue weighted by Crippen LogP contribution is 2.30. The molecule has 1 rings (SSSR count). The first-order valence-electron chi connectivity index (χ1n) is 4.35. The highest BCUT2D eigenvalue weighted by Gasteiger charge is 2.17. The van der Waals surface area contributed by atoms with Crippen LogP contribution < -0.4 is 0 Å². The quantitative estimate of drug-likeness (QED) is 0.666. The summed E-state index contributed by atoms with van der Waals surface area (Å²) in [5, 5.41) is 26.7. The monoisotopic (exact) mass is 214 g/mol. The molecular formula is C10H11FO4. The summed E-state index contributed by atoms with van der Waals surface area (Å²) in [5.41, 5.74) is 0.0696. The lowest BCUT2D eigenvalue weighted by molar-refractivity contribution is -0.141. The van der Waals surface area contributed by atoms with Gasteiger partial charge in [-0.05, 0) is 18.1 Å². The summed E-state index contributed by atoms with van der Waals surface area (Å²) < 4.78 is 13.3. The van der Waals surface area contributed by atoms with Crippen molar-refractivity contribution in [1.29, 1.82) is 0 Å². The number of phenols is 2. The number of hydrogen-bond donors (Lipinski definition) is 3. The normalized spacial score (nSPS) is 12.4. The van der Waals surface area contributed by atoms with E-state index in [4.69, 9.17) is 15.3 Å². The number of carboxylic acid groups (broad SMARTS) is 1. The molecule has 4 nitrogen and oxygen atoms in total. The Kier molecular flexibility index (Phi) is 3.14. The Bertz CT molecular complexity index is 389. The highest BCUT2D eigenvalue weighted by atomic mass is 19.1. The third-order valence-corrected chi connectivity index (χ3v) is 2.12. The summed E-state index contributed by atoms with van der Waals surface area (Å²) in [7, 11) is 0. The summed E-state index contributed by atoms with van der Waals surface area (Å²) in [6.45, 7) is 1.44. The zero-order valence-electron chi connectivity index (χ0n) is 8.07. The van der Waals surface area contributed by atoms with E-state index in [1.165, 1.54) is 13.0 Å². The zero-order chi connectivity index (χ0) is 11.6. The smallest absolute Gasteiger partial charge is 0.306 e. The molecule has 0 aliphatic rings. The molecule has 0 saturated carbocycles. The first-order chi connectivity index (χ1) is 6.93. The molecule has 0 spiro atoms. The summed E-state index contributed by atoms with van der Waals surface area (Å²) >= 11 is 0. The van der Waals surface area contributed by atoms with Gasteiger partial charge in [-0.15, -0.1) is 0 Å². The van der Waals surface area contributed by atoms with Gasteiger partial charge in [0.2, 0.25) is 0 Å². The van der Waals surface area contributed by atoms with Gasteiger partial charge in [0, 0.05) is 0 Å². The molecule has 0 bridgehead atoms. The van der Waals surface area contributed by atoms with Crippen LogP contribution in [0, 0.1) is 11.7 Å². The van der Waals surface area contributed by atoms with Crippen LogP contribution >= 0.6 is 0 Å². The first-order valence-corrected chi connectivity index (χ1v) is 4.35. The second-order valence-corrected chi connectivity index (χ2v) is 3.35. The molecule has 1 aromatic carbocycles. The minimum atomic E-state index is -1.04. The van der Waals surface area contributed by atoms with Gasteiger partial charge in [0.05, 0.1) is 5.92 Å². The predicted octanol–water partition coefficient (Wildman–Crippen LogP) is 1.50. The topological polar surface area (TPSA) is 77.8 Å². The van der Waals surface area contributed by atoms with Gasteiger partial charge in [0.15, 0.2) is 17.3 Å². The molecule has 1 aromatic rings. The van der Waals surface area contributed by atoms with Crippen LogP contribution in [-0.4, -0.2) is 21.3 Å². The Labute approximate surface area is 85.6 Å². The van der Waals surface area contributed by atoms with Crippen molar-refractivity contribution in [3.05, 3.63) is 23.5 Å². The molecule has 0 fully saturated rings. The van der Waals surface area contributed by atoms with Gasteiger partial charge in [-0.25, -0.2) is 4.39 Å². The molecule has 0 aliphatic heterocycles. The van der Waals surface area contributed by atoms with Crippen molar-refractivity contribution in [2.24, 2.45) is 5.92 Å². The second-order valence-electron chi connectivity index (χ2n) is 3.35. The van der Waals surface area contributed by atoms with E-state index in [0.29, 0.717) is 0 Å². The molecule has 0 radical (unpaired) electrons. The van der Waals surface area contributed by atoms with Gasteiger partial charge in [-0.2, -0.15) is 0 Å². The number of rotatable bonds is 3. The first kappa shape index (κ1) is 11.3. The lowest BCUT2D eigenvalue weighted by Crippen LogP contribution is -2.13. The van der Waals surface area contributed by atoms with Crippen molar-refractivity contribution in [1.82, 2.24) is 0 Å². The van der Waals surface area contributed by atoms with Crippen LogP contribution in [0.3, 0.4) is 0 Å². The zero-order valence-corrected chi connectivity index (χ0v) is 8.07. The number of benzene rings is 1. The molecule has 0 aliphatic carbocycles. The molecule has 82 valence electrons. The lowest BCUT2D eigenvalue weighted by atomic mass is 10.0. The van der Waals surface area contributed by atoms with Crippen LogP contribution in [-0.2, 0) is 11.2 Å². The Morgan fingerprint density at radius 3 is 2.60 bits per heavy atom. The van der Waals surface area contributed by atoms with Gasteiger partial charge in [0.25, 0.3) is 0 Å². The summed E-state index contributed by atoms with van der Waals surface area (Å²) in [4.78, 5) is 10.5. The largest absolute Gasteiger partial charge is 0.504 e. The highest BCUT2D eigenvalue weighted by molar-refractivity contribution is 5.70. The van der Waals surface area contributed by atoms with E-state index in [-0.39, 0.29) is 12.0 Å². The fourth-order valence-electron chi connectivity index (χ4n) is 1.17. The standard InChI is InChI=1S/C10H11FO4/c1-5(10(14)15)4-6-2-3-7(12)9(13)8(6)11/h2-3,5,12-13H,4H2,1H3,(H,14,15). The maximum atomic E-state index is 13.3. The number of aromatic hydroxyl groups is 2. The third-order valence-electron chi connectivity index (χ3n) is 2.12. The van der Waals surface area contributed by atoms with Crippen LogP contribution in [0.25, 0.3) is 0 Å². The molecule has 5 heteroatoms. The Balaban J connectivity index is 2.97. The number of carbonyl (C=O) groups is 1. The molecular weight excluding hydrogens is 203 g/mol. The maximum Gasteiger partial charge on any atom is 0.306 e. The molecule has 0 saturated heterocycles. The summed E-state index contributed by atoms with van der Waals surface area (Å²) in [6.07, 6.45) is -0.0327. The fraction of sp³-hybridized carbons (Fsp3) is 0.300. The van der Waals surface area contributed by atoms with Gasteiger partial charge >= 0.3 is 5.97 Å². The van der Waals surface area contributed by atoms with Crippen molar-refractivity contribution in [3.8, 4) is 11.5 Å². The van der Waals surface area contributed by atoms with Gasteiger partial charge in [0.1, 0.15) is 0 Å². The van der Waals surface area contributed by atoms with E-state index in [1.54, 1.807) is 0 Å². The van der Waals surface area contributed by atoms with E-state index in [0.717, 1.165) is 6.07 Å². The van der Waals surface area contributed by atoms with Crippen LogP contribution in [0.1, 0.15) is 12.5 Å². The van der Waals surface area contributed by atoms with Crippen molar-refractivity contribution in [3.63, 3.8) is 0 Å². The van der Waals surface area contributed by atoms with E-state index in [9.17, 15) is 9.18 Å². The Hall–Kier alpha value is -1.78. The van der Waals surface area contributed by atoms with Gasteiger partial charge < -0.3 is 15.3 Å². The molecule has 1 unspecified atom stereocenters.